The normalized spacial score (nSPS) is 5.00. The van der Waals surface area contributed by atoms with E-state index in [0.29, 0.717) is 0 Å². The second kappa shape index (κ2) is 17.6. The molecule has 0 heterocycles. The van der Waals surface area contributed by atoms with Crippen molar-refractivity contribution in [1.82, 2.24) is 0 Å². The molecule has 0 amide bonds. The summed E-state index contributed by atoms with van der Waals surface area (Å²) in [4.78, 5) is 0. The summed E-state index contributed by atoms with van der Waals surface area (Å²) in [6, 6.07) is 0. The van der Waals surface area contributed by atoms with E-state index in [-0.39, 0.29) is 0 Å². The maximum absolute atomic E-state index is 2.88. The molecule has 0 aromatic carbocycles. The molecule has 0 aliphatic rings. The van der Waals surface area contributed by atoms with Gasteiger partial charge in [0, 0.05) is 0 Å². The van der Waals surface area contributed by atoms with Crippen LogP contribution < -0.4 is 0 Å². The SMILES string of the molecule is CSC.[Br][Au]. The van der Waals surface area contributed by atoms with Crippen LogP contribution in [0.5, 0.6) is 0 Å². The Hall–Kier alpha value is 1.57. The van der Waals surface area contributed by atoms with Crippen molar-refractivity contribution < 1.29 is 18.9 Å². The van der Waals surface area contributed by atoms with Crippen LogP contribution in [0.25, 0.3) is 0 Å². The Morgan fingerprint density at radius 2 is 1.40 bits per heavy atom. The van der Waals surface area contributed by atoms with Crippen molar-refractivity contribution in [2.24, 2.45) is 0 Å². The number of hydrogen-bond acceptors (Lipinski definition) is 1. The summed E-state index contributed by atoms with van der Waals surface area (Å²) in [6.07, 6.45) is 4.08. The van der Waals surface area contributed by atoms with E-state index < -0.39 is 0 Å². The molecule has 0 radical (unpaired) electrons. The average molecular weight is 339 g/mol. The summed E-state index contributed by atoms with van der Waals surface area (Å²) in [5.41, 5.74) is 0. The Morgan fingerprint density at radius 1 is 1.40 bits per heavy atom. The van der Waals surface area contributed by atoms with Crippen molar-refractivity contribution in [3.05, 3.63) is 0 Å². The number of thioether (sulfide) groups is 1. The first-order chi connectivity index (χ1) is 2.41. The van der Waals surface area contributed by atoms with Crippen LogP contribution in [-0.2, 0) is 18.9 Å². The molecule has 0 saturated carbocycles. The van der Waals surface area contributed by atoms with Crippen LogP contribution in [0.1, 0.15) is 0 Å². The van der Waals surface area contributed by atoms with Crippen molar-refractivity contribution in [3.63, 3.8) is 0 Å². The maximum atomic E-state index is 2.88. The van der Waals surface area contributed by atoms with Crippen LogP contribution in [0, 0.1) is 0 Å². The topological polar surface area (TPSA) is 0 Å². The predicted molar refractivity (Wildman–Crippen MR) is 28.4 cm³/mol. The van der Waals surface area contributed by atoms with Gasteiger partial charge in [0.15, 0.2) is 0 Å². The zero-order valence-corrected chi connectivity index (χ0v) is 7.66. The molecule has 3 heteroatoms. The molecule has 0 aliphatic carbocycles. The van der Waals surface area contributed by atoms with Crippen molar-refractivity contribution in [2.45, 2.75) is 0 Å². The standard InChI is InChI=1S/C2H6S.Au.BrH/c1-3-2;;/h1-2H3;;1H/q;+1;/p-1. The molecule has 0 aromatic heterocycles. The molecule has 0 bridgehead atoms. The third-order valence-corrected chi connectivity index (χ3v) is 0. The molecule has 0 nitrogen and oxygen atoms in total. The summed E-state index contributed by atoms with van der Waals surface area (Å²) in [5, 5.41) is 0. The Balaban J connectivity index is 0. The molecule has 0 saturated heterocycles. The molecule has 0 aromatic rings. The second-order valence-corrected chi connectivity index (χ2v) is 1.22. The van der Waals surface area contributed by atoms with Crippen LogP contribution in [0.3, 0.4) is 0 Å². The molecule has 0 atom stereocenters. The first-order valence-corrected chi connectivity index (χ1v) is 7.30. The zero-order chi connectivity index (χ0) is 4.71. The van der Waals surface area contributed by atoms with Crippen molar-refractivity contribution >= 4 is 24.8 Å². The number of halogens is 1. The van der Waals surface area contributed by atoms with E-state index in [1.807, 2.05) is 12.5 Å². The first kappa shape index (κ1) is 9.76. The van der Waals surface area contributed by atoms with Crippen LogP contribution in [0.4, 0.5) is 0 Å². The van der Waals surface area contributed by atoms with E-state index in [1.54, 1.807) is 11.8 Å². The van der Waals surface area contributed by atoms with Crippen LogP contribution in [0.15, 0.2) is 0 Å². The summed E-state index contributed by atoms with van der Waals surface area (Å²) in [5.74, 6) is 0. The van der Waals surface area contributed by atoms with E-state index in [9.17, 15) is 0 Å². The average Bonchev–Trinajstić information content (AvgIpc) is 1.46. The Bertz CT molecular complexity index is 9.61. The quantitative estimate of drug-likeness (QED) is 0.607. The minimum atomic E-state index is 1.75. The van der Waals surface area contributed by atoms with Gasteiger partial charge in [-0.1, -0.05) is 0 Å². The minimum absolute atomic E-state index is 1.75. The van der Waals surface area contributed by atoms with Crippen molar-refractivity contribution in [1.29, 1.82) is 0 Å². The molecular formula is C2H6AuBrS. The third-order valence-electron chi connectivity index (χ3n) is 0. The van der Waals surface area contributed by atoms with Gasteiger partial charge in [0.05, 0.1) is 0 Å². The predicted octanol–water partition coefficient (Wildman–Crippen LogP) is 1.82. The van der Waals surface area contributed by atoms with E-state index in [2.05, 4.69) is 32.0 Å². The summed E-state index contributed by atoms with van der Waals surface area (Å²) in [6.45, 7) is 0. The van der Waals surface area contributed by atoms with Gasteiger partial charge in [-0.05, 0) is 12.5 Å². The van der Waals surface area contributed by atoms with E-state index in [1.165, 1.54) is 0 Å². The zero-order valence-electron chi connectivity index (χ0n) is 3.09. The molecule has 0 aliphatic heterocycles. The summed E-state index contributed by atoms with van der Waals surface area (Å²) in [7, 11) is 0. The van der Waals surface area contributed by atoms with Gasteiger partial charge in [0.2, 0.25) is 0 Å². The Labute approximate surface area is 56.0 Å². The van der Waals surface area contributed by atoms with Gasteiger partial charge in [-0.15, -0.1) is 0 Å². The van der Waals surface area contributed by atoms with Gasteiger partial charge in [-0.25, -0.2) is 0 Å². The summed E-state index contributed by atoms with van der Waals surface area (Å²) >= 11 is 6.72. The van der Waals surface area contributed by atoms with Crippen molar-refractivity contribution in [3.8, 4) is 0 Å². The van der Waals surface area contributed by atoms with E-state index >= 15 is 0 Å². The van der Waals surface area contributed by atoms with Gasteiger partial charge in [0.25, 0.3) is 0 Å². The fourth-order valence-electron chi connectivity index (χ4n) is 0. The fraction of sp³-hybridized carbons (Fsp3) is 1.00. The van der Waals surface area contributed by atoms with Crippen molar-refractivity contribution in [2.75, 3.05) is 12.5 Å². The molecule has 38 valence electrons. The molecular weight excluding hydrogens is 333 g/mol. The number of hydrogen-bond donors (Lipinski definition) is 0. The first-order valence-electron chi connectivity index (χ1n) is 0.930. The van der Waals surface area contributed by atoms with Gasteiger partial charge in [0.1, 0.15) is 0 Å². The third kappa shape index (κ3) is 28.8. The van der Waals surface area contributed by atoms with Gasteiger partial charge < -0.3 is 0 Å². The van der Waals surface area contributed by atoms with Gasteiger partial charge >= 0.3 is 32.0 Å². The second-order valence-electron chi connectivity index (χ2n) is 0.408. The molecule has 0 N–H and O–H groups in total. The molecule has 0 fully saturated rings. The Kier molecular flexibility index (Phi) is 34.4. The van der Waals surface area contributed by atoms with E-state index in [0.717, 1.165) is 0 Å². The molecule has 5 heavy (non-hydrogen) atoms. The fourth-order valence-corrected chi connectivity index (χ4v) is 0. The molecule has 0 spiro atoms. The van der Waals surface area contributed by atoms with Gasteiger partial charge in [-0.3, -0.25) is 0 Å². The molecule has 0 rings (SSSR count). The Morgan fingerprint density at radius 3 is 1.40 bits per heavy atom. The van der Waals surface area contributed by atoms with Gasteiger partial charge in [-0.2, -0.15) is 11.8 Å². The summed E-state index contributed by atoms with van der Waals surface area (Å²) < 4.78 is 0. The monoisotopic (exact) mass is 338 g/mol. The molecule has 0 unspecified atom stereocenters. The number of rotatable bonds is 0. The van der Waals surface area contributed by atoms with Crippen LogP contribution in [0.2, 0.25) is 0 Å². The van der Waals surface area contributed by atoms with Crippen LogP contribution >= 0.6 is 24.8 Å². The van der Waals surface area contributed by atoms with Crippen LogP contribution in [-0.4, -0.2) is 12.5 Å². The van der Waals surface area contributed by atoms with E-state index in [4.69, 9.17) is 0 Å².